The second-order valence-corrected chi connectivity index (χ2v) is 5.87. The first-order valence-electron chi connectivity index (χ1n) is 8.57. The summed E-state index contributed by atoms with van der Waals surface area (Å²) in [5.41, 5.74) is 2.02. The zero-order valence-corrected chi connectivity index (χ0v) is 15.4. The Morgan fingerprint density at radius 1 is 1.15 bits per heavy atom. The minimum Gasteiger partial charge on any atom is -0.493 e. The smallest absolute Gasteiger partial charge is 0.283 e. The summed E-state index contributed by atoms with van der Waals surface area (Å²) < 4.78 is 10.8. The molecular formula is C21H20N2O4. The standard InChI is InChI=1S/C21H20N2O4/c1-4-27-19-13-15(10-11-18(19)26-3)12-17-14(2)22-23(21(17)25)20(24)16-8-6-5-7-9-16/h5-13H,4H2,1-3H3/b17-12+. The molecule has 0 unspecified atom stereocenters. The predicted octanol–water partition coefficient (Wildman–Crippen LogP) is 3.54. The van der Waals surface area contributed by atoms with Crippen molar-refractivity contribution in [1.29, 1.82) is 0 Å². The van der Waals surface area contributed by atoms with Crippen LogP contribution in [0, 0.1) is 0 Å². The average molecular weight is 364 g/mol. The molecule has 0 fully saturated rings. The van der Waals surface area contributed by atoms with E-state index in [1.807, 2.05) is 19.1 Å². The van der Waals surface area contributed by atoms with Crippen LogP contribution in [0.3, 0.4) is 0 Å². The number of hydrazone groups is 1. The second kappa shape index (κ2) is 7.86. The van der Waals surface area contributed by atoms with Gasteiger partial charge in [-0.3, -0.25) is 9.59 Å². The SMILES string of the molecule is CCOc1cc(/C=C2/C(=O)N(C(=O)c3ccccc3)N=C2C)ccc1OC. The van der Waals surface area contributed by atoms with Gasteiger partial charge in [-0.05, 0) is 49.8 Å². The molecule has 0 atom stereocenters. The van der Waals surface area contributed by atoms with Gasteiger partial charge in [-0.25, -0.2) is 0 Å². The first-order valence-corrected chi connectivity index (χ1v) is 8.57. The summed E-state index contributed by atoms with van der Waals surface area (Å²) in [6.07, 6.45) is 1.70. The van der Waals surface area contributed by atoms with Crippen LogP contribution >= 0.6 is 0 Å². The van der Waals surface area contributed by atoms with Crippen molar-refractivity contribution < 1.29 is 19.1 Å². The number of nitrogens with zero attached hydrogens (tertiary/aromatic N) is 2. The van der Waals surface area contributed by atoms with E-state index in [1.165, 1.54) is 0 Å². The number of methoxy groups -OCH3 is 1. The fraction of sp³-hybridized carbons (Fsp3) is 0.190. The van der Waals surface area contributed by atoms with Gasteiger partial charge in [-0.15, -0.1) is 0 Å². The van der Waals surface area contributed by atoms with E-state index < -0.39 is 11.8 Å². The van der Waals surface area contributed by atoms with Crippen molar-refractivity contribution in [2.75, 3.05) is 13.7 Å². The van der Waals surface area contributed by atoms with E-state index in [-0.39, 0.29) is 0 Å². The van der Waals surface area contributed by atoms with Crippen molar-refractivity contribution in [2.45, 2.75) is 13.8 Å². The number of carbonyl (C=O) groups excluding carboxylic acids is 2. The Hall–Kier alpha value is -3.41. The van der Waals surface area contributed by atoms with Gasteiger partial charge < -0.3 is 9.47 Å². The fourth-order valence-electron chi connectivity index (χ4n) is 2.74. The number of benzene rings is 2. The first kappa shape index (κ1) is 18.4. The summed E-state index contributed by atoms with van der Waals surface area (Å²) in [5.74, 6) is 0.304. The number of rotatable bonds is 5. The maximum absolute atomic E-state index is 12.7. The molecule has 0 bridgehead atoms. The normalized spacial score (nSPS) is 15.1. The van der Waals surface area contributed by atoms with Gasteiger partial charge in [0.05, 0.1) is 25.0 Å². The van der Waals surface area contributed by atoms with Crippen molar-refractivity contribution in [1.82, 2.24) is 5.01 Å². The van der Waals surface area contributed by atoms with Gasteiger partial charge >= 0.3 is 0 Å². The van der Waals surface area contributed by atoms with Crippen molar-refractivity contribution in [3.05, 3.63) is 65.2 Å². The molecule has 0 radical (unpaired) electrons. The number of ether oxygens (including phenoxy) is 2. The van der Waals surface area contributed by atoms with Crippen LogP contribution in [-0.4, -0.2) is 36.3 Å². The fourth-order valence-corrected chi connectivity index (χ4v) is 2.74. The van der Waals surface area contributed by atoms with Crippen molar-refractivity contribution >= 4 is 23.6 Å². The van der Waals surface area contributed by atoms with Gasteiger partial charge in [0.1, 0.15) is 0 Å². The molecule has 0 saturated carbocycles. The molecule has 0 N–H and O–H groups in total. The van der Waals surface area contributed by atoms with E-state index in [1.54, 1.807) is 56.5 Å². The summed E-state index contributed by atoms with van der Waals surface area (Å²) >= 11 is 0. The lowest BCUT2D eigenvalue weighted by atomic mass is 10.1. The molecule has 0 spiro atoms. The van der Waals surface area contributed by atoms with Crippen molar-refractivity contribution in [3.63, 3.8) is 0 Å². The van der Waals surface area contributed by atoms with E-state index in [2.05, 4.69) is 5.10 Å². The monoisotopic (exact) mass is 364 g/mol. The van der Waals surface area contributed by atoms with Gasteiger partial charge in [-0.2, -0.15) is 10.1 Å². The number of hydrogen-bond acceptors (Lipinski definition) is 5. The highest BCUT2D eigenvalue weighted by Crippen LogP contribution is 2.30. The third-order valence-electron chi connectivity index (χ3n) is 4.07. The highest BCUT2D eigenvalue weighted by Gasteiger charge is 2.32. The van der Waals surface area contributed by atoms with Gasteiger partial charge in [0.25, 0.3) is 11.8 Å². The number of imide groups is 1. The minimum atomic E-state index is -0.451. The van der Waals surface area contributed by atoms with Crippen LogP contribution in [0.1, 0.15) is 29.8 Å². The summed E-state index contributed by atoms with van der Waals surface area (Å²) in [7, 11) is 1.57. The Labute approximate surface area is 157 Å². The maximum atomic E-state index is 12.7. The molecule has 0 aliphatic carbocycles. The topological polar surface area (TPSA) is 68.2 Å². The predicted molar refractivity (Wildman–Crippen MR) is 103 cm³/mol. The van der Waals surface area contributed by atoms with Gasteiger partial charge in [0, 0.05) is 5.56 Å². The molecule has 1 aliphatic rings. The van der Waals surface area contributed by atoms with E-state index in [9.17, 15) is 9.59 Å². The van der Waals surface area contributed by atoms with Gasteiger partial charge in [0.2, 0.25) is 0 Å². The quantitative estimate of drug-likeness (QED) is 0.601. The summed E-state index contributed by atoms with van der Waals surface area (Å²) in [5, 5.41) is 5.05. The molecule has 6 heteroatoms. The Morgan fingerprint density at radius 2 is 1.89 bits per heavy atom. The molecule has 2 aromatic rings. The van der Waals surface area contributed by atoms with E-state index >= 15 is 0 Å². The van der Waals surface area contributed by atoms with E-state index in [0.717, 1.165) is 10.6 Å². The van der Waals surface area contributed by atoms with E-state index in [4.69, 9.17) is 9.47 Å². The third kappa shape index (κ3) is 3.74. The van der Waals surface area contributed by atoms with Gasteiger partial charge in [-0.1, -0.05) is 24.3 Å². The van der Waals surface area contributed by atoms with Crippen LogP contribution in [0.2, 0.25) is 0 Å². The second-order valence-electron chi connectivity index (χ2n) is 5.87. The number of amides is 2. The average Bonchev–Trinajstić information content (AvgIpc) is 2.97. The molecule has 138 valence electrons. The lowest BCUT2D eigenvalue weighted by molar-refractivity contribution is -0.123. The molecule has 27 heavy (non-hydrogen) atoms. The summed E-state index contributed by atoms with van der Waals surface area (Å²) in [6, 6.07) is 14.0. The molecule has 2 amide bonds. The Balaban J connectivity index is 1.90. The lowest BCUT2D eigenvalue weighted by Gasteiger charge is -2.11. The minimum absolute atomic E-state index is 0.367. The molecule has 1 aliphatic heterocycles. The van der Waals surface area contributed by atoms with Crippen LogP contribution in [0.4, 0.5) is 0 Å². The number of carbonyl (C=O) groups is 2. The molecule has 2 aromatic carbocycles. The summed E-state index contributed by atoms with van der Waals surface area (Å²) in [6.45, 7) is 4.08. The molecule has 0 saturated heterocycles. The van der Waals surface area contributed by atoms with Crippen LogP contribution in [0.5, 0.6) is 11.5 Å². The van der Waals surface area contributed by atoms with Crippen molar-refractivity contribution in [3.8, 4) is 11.5 Å². The molecule has 1 heterocycles. The highest BCUT2D eigenvalue weighted by molar-refractivity contribution is 6.30. The van der Waals surface area contributed by atoms with Crippen LogP contribution in [0.15, 0.2) is 59.2 Å². The molecular weight excluding hydrogens is 344 g/mol. The summed E-state index contributed by atoms with van der Waals surface area (Å²) in [4.78, 5) is 25.3. The molecule has 6 nitrogen and oxygen atoms in total. The zero-order chi connectivity index (χ0) is 19.4. The first-order chi connectivity index (χ1) is 13.0. The lowest BCUT2D eigenvalue weighted by Crippen LogP contribution is -2.29. The zero-order valence-electron chi connectivity index (χ0n) is 15.4. The van der Waals surface area contributed by atoms with Crippen LogP contribution in [-0.2, 0) is 4.79 Å². The van der Waals surface area contributed by atoms with Crippen LogP contribution < -0.4 is 9.47 Å². The largest absolute Gasteiger partial charge is 0.493 e. The maximum Gasteiger partial charge on any atom is 0.283 e. The Bertz CT molecular complexity index is 932. The Kier molecular flexibility index (Phi) is 5.35. The van der Waals surface area contributed by atoms with Crippen LogP contribution in [0.25, 0.3) is 6.08 Å². The van der Waals surface area contributed by atoms with Crippen molar-refractivity contribution in [2.24, 2.45) is 5.10 Å². The van der Waals surface area contributed by atoms with Gasteiger partial charge in [0.15, 0.2) is 11.5 Å². The molecule has 0 aromatic heterocycles. The number of hydrogen-bond donors (Lipinski definition) is 0. The Morgan fingerprint density at radius 3 is 2.56 bits per heavy atom. The van der Waals surface area contributed by atoms with E-state index in [0.29, 0.717) is 35.0 Å². The third-order valence-corrected chi connectivity index (χ3v) is 4.07. The highest BCUT2D eigenvalue weighted by atomic mass is 16.5. The molecule has 3 rings (SSSR count).